The summed E-state index contributed by atoms with van der Waals surface area (Å²) in [7, 11) is -0.844. The smallest absolute Gasteiger partial charge is 0.123 e. The van der Waals surface area contributed by atoms with Crippen LogP contribution in [0.15, 0.2) is 0 Å². The van der Waals surface area contributed by atoms with E-state index in [0.29, 0.717) is 0 Å². The second-order valence-corrected chi connectivity index (χ2v) is 4.00. The van der Waals surface area contributed by atoms with E-state index in [1.54, 1.807) is 5.94 Å². The van der Waals surface area contributed by atoms with E-state index < -0.39 is 8.80 Å². The second-order valence-electron chi connectivity index (χ2n) is 1.40. The van der Waals surface area contributed by atoms with Crippen molar-refractivity contribution in [2.24, 2.45) is 0 Å². The molecule has 0 aliphatic rings. The Labute approximate surface area is 39.3 Å². The molecule has 0 aromatic rings. The van der Waals surface area contributed by atoms with Crippen LogP contribution in [0.25, 0.3) is 0 Å². The molecule has 0 bridgehead atoms. The second kappa shape index (κ2) is 2.88. The maximum atomic E-state index is 9.41. The van der Waals surface area contributed by atoms with E-state index in [0.717, 1.165) is 0 Å². The Balaban J connectivity index is 3.29. The van der Waals surface area contributed by atoms with Gasteiger partial charge in [0, 0.05) is 5.70 Å². The summed E-state index contributed by atoms with van der Waals surface area (Å²) in [5.74, 6) is 1.63. The minimum Gasteiger partial charge on any atom is -0.234 e. The third kappa shape index (κ3) is 3.67. The van der Waals surface area contributed by atoms with Crippen LogP contribution in [0.1, 0.15) is 0 Å². The highest BCUT2D eigenvalue weighted by molar-refractivity contribution is 6.60. The molecule has 0 rings (SSSR count). The summed E-state index contributed by atoms with van der Waals surface area (Å²) < 4.78 is 0. The van der Waals surface area contributed by atoms with Gasteiger partial charge >= 0.3 is 0 Å². The van der Waals surface area contributed by atoms with E-state index in [9.17, 15) is 4.79 Å². The zero-order chi connectivity index (χ0) is 4.99. The van der Waals surface area contributed by atoms with Crippen LogP contribution < -0.4 is 0 Å². The highest BCUT2D eigenvalue weighted by atomic mass is 28.3. The highest BCUT2D eigenvalue weighted by Crippen LogP contribution is 1.71. The van der Waals surface area contributed by atoms with Gasteiger partial charge in [-0.25, -0.2) is 4.79 Å². The first kappa shape index (κ1) is 5.67. The maximum absolute atomic E-state index is 9.41. The predicted molar refractivity (Wildman–Crippen MR) is 27.8 cm³/mol. The Morgan fingerprint density at radius 3 is 2.00 bits per heavy atom. The normalized spacial score (nSPS) is 7.83. The van der Waals surface area contributed by atoms with Crippen LogP contribution >= 0.6 is 0 Å². The van der Waals surface area contributed by atoms with E-state index >= 15 is 0 Å². The van der Waals surface area contributed by atoms with Gasteiger partial charge in [-0.15, -0.1) is 0 Å². The van der Waals surface area contributed by atoms with Crippen LogP contribution in [0.2, 0.25) is 13.1 Å². The Kier molecular flexibility index (Phi) is 2.72. The first-order valence-corrected chi connectivity index (χ1v) is 4.78. The van der Waals surface area contributed by atoms with Gasteiger partial charge in [-0.05, 0) is 0 Å². The van der Waals surface area contributed by atoms with Crippen molar-refractivity contribution in [3.05, 3.63) is 5.70 Å². The fourth-order valence-corrected chi connectivity index (χ4v) is 0.354. The Morgan fingerprint density at radius 2 is 2.00 bits per heavy atom. The van der Waals surface area contributed by atoms with Crippen molar-refractivity contribution in [3.63, 3.8) is 0 Å². The molecule has 1 nitrogen and oxygen atoms in total. The summed E-state index contributed by atoms with van der Waals surface area (Å²) >= 11 is 0. The summed E-state index contributed by atoms with van der Waals surface area (Å²) in [6, 6.07) is 0. The summed E-state index contributed by atoms with van der Waals surface area (Å²) in [6.45, 7) is 4.04. The van der Waals surface area contributed by atoms with E-state index in [1.165, 1.54) is 0 Å². The van der Waals surface area contributed by atoms with E-state index in [1.807, 2.05) is 13.1 Å². The average Bonchev–Trinajstić information content (AvgIpc) is 1.35. The third-order valence-corrected chi connectivity index (χ3v) is 1.04. The molecule has 0 saturated heterocycles. The lowest BCUT2D eigenvalue weighted by molar-refractivity contribution is 0.568. The van der Waals surface area contributed by atoms with E-state index in [2.05, 4.69) is 5.70 Å². The first-order valence-electron chi connectivity index (χ1n) is 1.90. The molecule has 0 N–H and O–H groups in total. The van der Waals surface area contributed by atoms with Gasteiger partial charge in [0.1, 0.15) is 5.94 Å². The quantitative estimate of drug-likeness (QED) is 0.339. The molecule has 2 heteroatoms. The van der Waals surface area contributed by atoms with Crippen molar-refractivity contribution in [1.82, 2.24) is 0 Å². The monoisotopic (exact) mass is 99.0 g/mol. The Morgan fingerprint density at radius 1 is 1.50 bits per heavy atom. The molecule has 0 unspecified atom stereocenters. The van der Waals surface area contributed by atoms with Crippen molar-refractivity contribution in [1.29, 1.82) is 0 Å². The minimum absolute atomic E-state index is 0.844. The molecule has 0 aliphatic carbocycles. The van der Waals surface area contributed by atoms with Gasteiger partial charge < -0.3 is 0 Å². The molecular weight excluding hydrogens is 92.1 g/mol. The molecule has 0 saturated carbocycles. The predicted octanol–water partition coefficient (Wildman–Crippen LogP) is 0.203. The lowest BCUT2D eigenvalue weighted by atomic mass is 11.2. The highest BCUT2D eigenvalue weighted by Gasteiger charge is 1.83. The fraction of sp³-hybridized carbons (Fsp3) is 0.500. The Hall–Kier alpha value is -0.333. The van der Waals surface area contributed by atoms with Crippen LogP contribution in [0.4, 0.5) is 0 Å². The standard InChI is InChI=1S/C4H7OSi/c1-6(2)4-3-5/h6H,1-2H3. The average molecular weight is 99.2 g/mol. The van der Waals surface area contributed by atoms with Crippen LogP contribution in [0, 0.1) is 5.70 Å². The van der Waals surface area contributed by atoms with Crippen LogP contribution in [0.5, 0.6) is 0 Å². The van der Waals surface area contributed by atoms with Crippen molar-refractivity contribution in [2.45, 2.75) is 13.1 Å². The van der Waals surface area contributed by atoms with Gasteiger partial charge in [0.25, 0.3) is 0 Å². The first-order chi connectivity index (χ1) is 2.77. The van der Waals surface area contributed by atoms with Gasteiger partial charge in [0.2, 0.25) is 0 Å². The molecule has 6 heavy (non-hydrogen) atoms. The molecule has 0 aliphatic heterocycles. The molecule has 0 fully saturated rings. The zero-order valence-electron chi connectivity index (χ0n) is 3.99. The van der Waals surface area contributed by atoms with Gasteiger partial charge in [0.15, 0.2) is 0 Å². The number of carbonyl (C=O) groups excluding carboxylic acids is 1. The van der Waals surface area contributed by atoms with Gasteiger partial charge in [-0.3, -0.25) is 0 Å². The van der Waals surface area contributed by atoms with Crippen molar-refractivity contribution in [2.75, 3.05) is 0 Å². The van der Waals surface area contributed by atoms with Crippen LogP contribution in [0.3, 0.4) is 0 Å². The SMILES string of the molecule is C[SiH](C)[C]=C=O. The molecule has 0 atom stereocenters. The van der Waals surface area contributed by atoms with Gasteiger partial charge in [-0.1, -0.05) is 13.1 Å². The van der Waals surface area contributed by atoms with Crippen molar-refractivity contribution in [3.8, 4) is 0 Å². The molecule has 1 radical (unpaired) electrons. The molecule has 0 aromatic carbocycles. The summed E-state index contributed by atoms with van der Waals surface area (Å²) in [5.41, 5.74) is 2.54. The molecule has 0 amide bonds. The topological polar surface area (TPSA) is 17.1 Å². The van der Waals surface area contributed by atoms with Crippen LogP contribution in [-0.4, -0.2) is 14.7 Å². The lowest BCUT2D eigenvalue weighted by Crippen LogP contribution is -1.92. The van der Waals surface area contributed by atoms with Crippen molar-refractivity contribution < 1.29 is 4.79 Å². The molecule has 0 spiro atoms. The van der Waals surface area contributed by atoms with Crippen LogP contribution in [-0.2, 0) is 4.79 Å². The van der Waals surface area contributed by atoms with E-state index in [-0.39, 0.29) is 0 Å². The summed E-state index contributed by atoms with van der Waals surface area (Å²) in [6.07, 6.45) is 0. The van der Waals surface area contributed by atoms with E-state index in [4.69, 9.17) is 0 Å². The molecule has 0 aromatic heterocycles. The molecule has 33 valence electrons. The third-order valence-electron chi connectivity index (χ3n) is 0.348. The minimum atomic E-state index is -0.844. The molecular formula is C4H7OSi. The molecule has 0 heterocycles. The zero-order valence-corrected chi connectivity index (χ0v) is 5.14. The Bertz CT molecular complexity index is 71.6. The van der Waals surface area contributed by atoms with Gasteiger partial charge in [-0.2, -0.15) is 0 Å². The van der Waals surface area contributed by atoms with Gasteiger partial charge in [0.05, 0.1) is 8.80 Å². The lowest BCUT2D eigenvalue weighted by Gasteiger charge is -1.77. The maximum Gasteiger partial charge on any atom is 0.123 e. The largest absolute Gasteiger partial charge is 0.234 e. The fourth-order valence-electron chi connectivity index (χ4n) is 0.118. The summed E-state index contributed by atoms with van der Waals surface area (Å²) in [4.78, 5) is 9.41. The number of hydrogen-bond donors (Lipinski definition) is 0. The summed E-state index contributed by atoms with van der Waals surface area (Å²) in [5, 5.41) is 0. The van der Waals surface area contributed by atoms with Crippen molar-refractivity contribution >= 4 is 14.7 Å². The number of rotatable bonds is 1. The number of hydrogen-bond acceptors (Lipinski definition) is 1.